The molecule has 1 aromatic rings. The average Bonchev–Trinajstić information content (AvgIpc) is 2.82. The quantitative estimate of drug-likeness (QED) is 0.843. The van der Waals surface area contributed by atoms with E-state index in [1.807, 2.05) is 11.9 Å². The molecule has 0 spiro atoms. The maximum Gasteiger partial charge on any atom is 0.243 e. The van der Waals surface area contributed by atoms with E-state index in [0.29, 0.717) is 0 Å². The molecule has 118 valence electrons. The summed E-state index contributed by atoms with van der Waals surface area (Å²) in [4.78, 5) is 1.39. The summed E-state index contributed by atoms with van der Waals surface area (Å²) in [5, 5.41) is 8.92. The second-order valence-electron chi connectivity index (χ2n) is 5.12. The molecule has 0 aromatic heterocycles. The number of hydrogen-bond acceptors (Lipinski definition) is 4. The lowest BCUT2D eigenvalue weighted by Crippen LogP contribution is -2.38. The number of aliphatic hydroxyl groups excluding tert-OH is 1. The largest absolute Gasteiger partial charge is 0.391 e. The van der Waals surface area contributed by atoms with E-state index in [1.54, 1.807) is 0 Å². The van der Waals surface area contributed by atoms with Gasteiger partial charge in [-0.3, -0.25) is 0 Å². The highest BCUT2D eigenvalue weighted by molar-refractivity contribution is 7.89. The van der Waals surface area contributed by atoms with Crippen molar-refractivity contribution in [3.05, 3.63) is 29.3 Å². The molecular weight excluding hydrogens is 302 g/mol. The first-order valence-electron chi connectivity index (χ1n) is 6.64. The van der Waals surface area contributed by atoms with Gasteiger partial charge in [0.2, 0.25) is 10.0 Å². The number of likely N-dealkylation sites (N-methyl/N-ethyl adjacent to an activating group) is 1. The van der Waals surface area contributed by atoms with E-state index >= 15 is 0 Å². The van der Waals surface area contributed by atoms with Gasteiger partial charge in [-0.25, -0.2) is 21.9 Å². The van der Waals surface area contributed by atoms with Crippen molar-refractivity contribution in [3.8, 4) is 0 Å². The highest BCUT2D eigenvalue weighted by atomic mass is 32.2. The van der Waals surface area contributed by atoms with E-state index in [4.69, 9.17) is 5.11 Å². The van der Waals surface area contributed by atoms with Crippen LogP contribution in [0.4, 0.5) is 8.78 Å². The van der Waals surface area contributed by atoms with Crippen molar-refractivity contribution < 1.29 is 22.3 Å². The summed E-state index contributed by atoms with van der Waals surface area (Å²) in [6.45, 7) is 0.169. The Labute approximate surface area is 122 Å². The predicted molar refractivity (Wildman–Crippen MR) is 73.1 cm³/mol. The van der Waals surface area contributed by atoms with E-state index in [1.165, 1.54) is 0 Å². The first kappa shape index (κ1) is 16.3. The maximum absolute atomic E-state index is 14.0. The van der Waals surface area contributed by atoms with E-state index in [0.717, 1.165) is 31.5 Å². The van der Waals surface area contributed by atoms with Crippen LogP contribution in [0.5, 0.6) is 0 Å². The molecule has 0 radical (unpaired) electrons. The van der Waals surface area contributed by atoms with E-state index < -0.39 is 38.7 Å². The Hall–Kier alpha value is -1.09. The van der Waals surface area contributed by atoms with Crippen LogP contribution in [0.3, 0.4) is 0 Å². The second-order valence-corrected chi connectivity index (χ2v) is 6.86. The highest BCUT2D eigenvalue weighted by Gasteiger charge is 2.26. The van der Waals surface area contributed by atoms with Gasteiger partial charge in [0, 0.05) is 12.6 Å². The molecule has 0 bridgehead atoms. The Bertz CT molecular complexity index is 622. The van der Waals surface area contributed by atoms with Crippen molar-refractivity contribution in [1.29, 1.82) is 0 Å². The molecule has 1 aliphatic heterocycles. The van der Waals surface area contributed by atoms with E-state index in [9.17, 15) is 17.2 Å². The Morgan fingerprint density at radius 1 is 1.43 bits per heavy atom. The van der Waals surface area contributed by atoms with Gasteiger partial charge in [0.1, 0.15) is 10.7 Å². The summed E-state index contributed by atoms with van der Waals surface area (Å²) in [7, 11) is -2.18. The molecule has 1 saturated heterocycles. The topological polar surface area (TPSA) is 69.6 Å². The summed E-state index contributed by atoms with van der Waals surface area (Å²) >= 11 is 0. The lowest BCUT2D eigenvalue weighted by molar-refractivity contribution is 0.267. The van der Waals surface area contributed by atoms with Gasteiger partial charge in [0.05, 0.1) is 12.2 Å². The van der Waals surface area contributed by atoms with E-state index in [-0.39, 0.29) is 12.6 Å². The number of likely N-dealkylation sites (tertiary alicyclic amines) is 1. The van der Waals surface area contributed by atoms with Crippen LogP contribution in [0.25, 0.3) is 0 Å². The minimum atomic E-state index is -4.08. The highest BCUT2D eigenvalue weighted by Crippen LogP contribution is 2.21. The first-order chi connectivity index (χ1) is 9.86. The number of hydrogen-bond donors (Lipinski definition) is 2. The molecule has 5 nitrogen and oxygen atoms in total. The fourth-order valence-corrected chi connectivity index (χ4v) is 3.62. The molecule has 0 aliphatic carbocycles. The van der Waals surface area contributed by atoms with Crippen molar-refractivity contribution in [2.45, 2.75) is 30.4 Å². The summed E-state index contributed by atoms with van der Waals surface area (Å²) in [6.07, 6.45) is 1.86. The van der Waals surface area contributed by atoms with E-state index in [2.05, 4.69) is 4.72 Å². The van der Waals surface area contributed by atoms with Crippen LogP contribution in [0.15, 0.2) is 17.0 Å². The summed E-state index contributed by atoms with van der Waals surface area (Å²) in [6, 6.07) is 1.77. The Morgan fingerprint density at radius 2 is 2.14 bits per heavy atom. The fraction of sp³-hybridized carbons (Fsp3) is 0.538. The number of sulfonamides is 1. The first-order valence-corrected chi connectivity index (χ1v) is 8.12. The molecule has 8 heteroatoms. The molecule has 2 rings (SSSR count). The standard InChI is InChI=1S/C13H18F2N2O3S/c1-17-6-2-3-9(17)7-16-21(19,20)12-5-4-11(14)10(8-18)13(12)15/h4-5,9,16,18H,2-3,6-8H2,1H3. The molecule has 1 aromatic carbocycles. The average molecular weight is 320 g/mol. The van der Waals surface area contributed by atoms with Gasteiger partial charge < -0.3 is 10.0 Å². The number of aliphatic hydroxyl groups is 1. The zero-order valence-corrected chi connectivity index (χ0v) is 12.5. The third-order valence-corrected chi connectivity index (χ3v) is 5.22. The third-order valence-electron chi connectivity index (χ3n) is 3.78. The molecule has 2 N–H and O–H groups in total. The Morgan fingerprint density at radius 3 is 2.71 bits per heavy atom. The number of benzene rings is 1. The second kappa shape index (κ2) is 6.35. The van der Waals surface area contributed by atoms with Crippen LogP contribution < -0.4 is 4.72 Å². The van der Waals surface area contributed by atoms with Gasteiger partial charge in [0.25, 0.3) is 0 Å². The normalized spacial score (nSPS) is 20.1. The number of rotatable bonds is 5. The molecule has 1 fully saturated rings. The molecule has 1 atom stereocenters. The Kier molecular flexibility index (Phi) is 4.92. The summed E-state index contributed by atoms with van der Waals surface area (Å²) < 4.78 is 53.8. The lowest BCUT2D eigenvalue weighted by atomic mass is 10.2. The molecular formula is C13H18F2N2O3S. The number of halogens is 2. The zero-order valence-electron chi connectivity index (χ0n) is 11.6. The van der Waals surface area contributed by atoms with Gasteiger partial charge in [0.15, 0.2) is 5.82 Å². The zero-order chi connectivity index (χ0) is 15.6. The van der Waals surface area contributed by atoms with Gasteiger partial charge in [-0.2, -0.15) is 0 Å². The lowest BCUT2D eigenvalue weighted by Gasteiger charge is -2.20. The van der Waals surface area contributed by atoms with Crippen LogP contribution in [-0.4, -0.2) is 44.6 Å². The SMILES string of the molecule is CN1CCCC1CNS(=O)(=O)c1ccc(F)c(CO)c1F. The van der Waals surface area contributed by atoms with Crippen LogP contribution in [0, 0.1) is 11.6 Å². The Balaban J connectivity index is 2.20. The maximum atomic E-state index is 14.0. The summed E-state index contributed by atoms with van der Waals surface area (Å²) in [5.74, 6) is -2.21. The molecule has 1 heterocycles. The predicted octanol–water partition coefficient (Wildman–Crippen LogP) is 0.830. The minimum Gasteiger partial charge on any atom is -0.391 e. The van der Waals surface area contributed by atoms with Gasteiger partial charge in [-0.15, -0.1) is 0 Å². The van der Waals surface area contributed by atoms with Crippen LogP contribution in [-0.2, 0) is 16.6 Å². The van der Waals surface area contributed by atoms with Crippen LogP contribution in [0.2, 0.25) is 0 Å². The van der Waals surface area contributed by atoms with Crippen molar-refractivity contribution in [1.82, 2.24) is 9.62 Å². The minimum absolute atomic E-state index is 0.0700. The van der Waals surface area contributed by atoms with Crippen molar-refractivity contribution in [2.24, 2.45) is 0 Å². The molecule has 21 heavy (non-hydrogen) atoms. The number of nitrogens with one attached hydrogen (secondary N) is 1. The third kappa shape index (κ3) is 3.39. The van der Waals surface area contributed by atoms with Gasteiger partial charge >= 0.3 is 0 Å². The molecule has 0 saturated carbocycles. The van der Waals surface area contributed by atoms with Gasteiger partial charge in [-0.1, -0.05) is 0 Å². The monoisotopic (exact) mass is 320 g/mol. The fourth-order valence-electron chi connectivity index (χ4n) is 2.45. The molecule has 0 amide bonds. The van der Waals surface area contributed by atoms with Gasteiger partial charge in [-0.05, 0) is 38.6 Å². The number of nitrogens with zero attached hydrogens (tertiary/aromatic N) is 1. The molecule has 1 unspecified atom stereocenters. The van der Waals surface area contributed by atoms with Crippen molar-refractivity contribution in [2.75, 3.05) is 20.1 Å². The van der Waals surface area contributed by atoms with Crippen molar-refractivity contribution in [3.63, 3.8) is 0 Å². The van der Waals surface area contributed by atoms with Crippen molar-refractivity contribution >= 4 is 10.0 Å². The smallest absolute Gasteiger partial charge is 0.243 e. The molecule has 1 aliphatic rings. The summed E-state index contributed by atoms with van der Waals surface area (Å²) in [5.41, 5.74) is -0.643. The van der Waals surface area contributed by atoms with Crippen LogP contribution >= 0.6 is 0 Å². The van der Waals surface area contributed by atoms with Crippen LogP contribution in [0.1, 0.15) is 18.4 Å².